The van der Waals surface area contributed by atoms with E-state index in [4.69, 9.17) is 11.6 Å². The molecule has 1 aliphatic carbocycles. The summed E-state index contributed by atoms with van der Waals surface area (Å²) in [7, 11) is 0. The first-order chi connectivity index (χ1) is 11.9. The number of nitrogens with one attached hydrogen (secondary N) is 2. The number of H-pyrrole nitrogens is 1. The molecule has 0 radical (unpaired) electrons. The lowest BCUT2D eigenvalue weighted by molar-refractivity contribution is -0.115. The molecule has 2 aromatic rings. The molecule has 3 rings (SSSR count). The molecule has 0 fully saturated rings. The molecule has 1 amide bonds. The maximum Gasteiger partial charge on any atom is 0.254 e. The van der Waals surface area contributed by atoms with Gasteiger partial charge >= 0.3 is 0 Å². The van der Waals surface area contributed by atoms with Crippen molar-refractivity contribution >= 4 is 35.0 Å². The summed E-state index contributed by atoms with van der Waals surface area (Å²) in [6.07, 6.45) is 3.70. The summed E-state index contributed by atoms with van der Waals surface area (Å²) < 4.78 is 0. The number of rotatable bonds is 4. The fourth-order valence-corrected chi connectivity index (χ4v) is 3.77. The Morgan fingerprint density at radius 2 is 2.12 bits per heavy atom. The Morgan fingerprint density at radius 3 is 2.88 bits per heavy atom. The molecule has 1 atom stereocenters. The number of benzene rings is 1. The molecule has 1 aliphatic rings. The molecule has 1 aromatic heterocycles. The van der Waals surface area contributed by atoms with Crippen LogP contribution in [0.15, 0.2) is 28.2 Å². The molecular weight excluding hydrogens is 358 g/mol. The van der Waals surface area contributed by atoms with Crippen molar-refractivity contribution in [2.24, 2.45) is 0 Å². The topological polar surface area (TPSA) is 74.8 Å². The van der Waals surface area contributed by atoms with Gasteiger partial charge in [0.2, 0.25) is 5.91 Å². The predicted molar refractivity (Wildman–Crippen MR) is 102 cm³/mol. The van der Waals surface area contributed by atoms with Gasteiger partial charge in [0.05, 0.1) is 10.9 Å². The van der Waals surface area contributed by atoms with Crippen LogP contribution in [0.25, 0.3) is 0 Å². The first-order valence-electron chi connectivity index (χ1n) is 8.30. The van der Waals surface area contributed by atoms with Crippen molar-refractivity contribution in [2.45, 2.75) is 49.9 Å². The number of carbonyl (C=O) groups is 1. The zero-order chi connectivity index (χ0) is 18.0. The van der Waals surface area contributed by atoms with Crippen LogP contribution in [0.1, 0.15) is 36.6 Å². The van der Waals surface area contributed by atoms with Crippen molar-refractivity contribution < 1.29 is 4.79 Å². The standard InChI is InChI=1S/C18H20ClN3O2S/c1-10-7-8-12(9-14(10)19)20-16(23)11(2)25-18-21-15-6-4-3-5-13(15)17(24)22-18/h7-9,11H,3-6H2,1-2H3,(H,20,23)(H,21,22,24)/t11-/m1/s1. The summed E-state index contributed by atoms with van der Waals surface area (Å²) in [5, 5.41) is 3.55. The Morgan fingerprint density at radius 1 is 1.36 bits per heavy atom. The lowest BCUT2D eigenvalue weighted by Crippen LogP contribution is -2.25. The molecule has 0 spiro atoms. The highest BCUT2D eigenvalue weighted by molar-refractivity contribution is 8.00. The zero-order valence-corrected chi connectivity index (χ0v) is 15.8. The predicted octanol–water partition coefficient (Wildman–Crippen LogP) is 3.73. The normalized spacial score (nSPS) is 14.7. The number of amides is 1. The van der Waals surface area contributed by atoms with Crippen LogP contribution in [-0.2, 0) is 17.6 Å². The van der Waals surface area contributed by atoms with Gasteiger partial charge in [-0.25, -0.2) is 4.98 Å². The molecule has 2 N–H and O–H groups in total. The van der Waals surface area contributed by atoms with Gasteiger partial charge in [-0.2, -0.15) is 0 Å². The van der Waals surface area contributed by atoms with Crippen molar-refractivity contribution in [3.05, 3.63) is 50.4 Å². The second-order valence-corrected chi connectivity index (χ2v) is 7.95. The van der Waals surface area contributed by atoms with Gasteiger partial charge in [0.25, 0.3) is 5.56 Å². The Labute approximate surface area is 155 Å². The van der Waals surface area contributed by atoms with Gasteiger partial charge in [-0.05, 0) is 57.2 Å². The molecule has 1 heterocycles. The maximum atomic E-state index is 12.4. The summed E-state index contributed by atoms with van der Waals surface area (Å²) in [5.74, 6) is -0.162. The van der Waals surface area contributed by atoms with Crippen molar-refractivity contribution in [3.63, 3.8) is 0 Å². The molecule has 25 heavy (non-hydrogen) atoms. The summed E-state index contributed by atoms with van der Waals surface area (Å²) in [5.41, 5.74) is 3.19. The lowest BCUT2D eigenvalue weighted by atomic mass is 9.97. The second-order valence-electron chi connectivity index (χ2n) is 6.22. The summed E-state index contributed by atoms with van der Waals surface area (Å²) >= 11 is 7.34. The van der Waals surface area contributed by atoms with Gasteiger partial charge in [0.15, 0.2) is 5.16 Å². The molecule has 5 nitrogen and oxygen atoms in total. The van der Waals surface area contributed by atoms with E-state index in [9.17, 15) is 9.59 Å². The van der Waals surface area contributed by atoms with Crippen LogP contribution in [0.4, 0.5) is 5.69 Å². The fourth-order valence-electron chi connectivity index (χ4n) is 2.77. The number of anilines is 1. The van der Waals surface area contributed by atoms with E-state index in [0.29, 0.717) is 15.9 Å². The number of aromatic nitrogens is 2. The maximum absolute atomic E-state index is 12.4. The minimum absolute atomic E-state index is 0.0786. The fraction of sp³-hybridized carbons (Fsp3) is 0.389. The number of nitrogens with zero attached hydrogens (tertiary/aromatic N) is 1. The van der Waals surface area contributed by atoms with Crippen molar-refractivity contribution in [1.29, 1.82) is 0 Å². The Bertz CT molecular complexity index is 866. The van der Waals surface area contributed by atoms with Crippen LogP contribution in [0, 0.1) is 6.92 Å². The number of halogens is 1. The smallest absolute Gasteiger partial charge is 0.254 e. The molecule has 1 aromatic carbocycles. The van der Waals surface area contributed by atoms with Crippen molar-refractivity contribution in [2.75, 3.05) is 5.32 Å². The summed E-state index contributed by atoms with van der Waals surface area (Å²) in [4.78, 5) is 31.9. The molecule has 0 aliphatic heterocycles. The molecular formula is C18H20ClN3O2S. The minimum atomic E-state index is -0.398. The average molecular weight is 378 g/mol. The number of thioether (sulfide) groups is 1. The number of carbonyl (C=O) groups excluding carboxylic acids is 1. The van der Waals surface area contributed by atoms with E-state index in [2.05, 4.69) is 15.3 Å². The number of hydrogen-bond acceptors (Lipinski definition) is 4. The van der Waals surface area contributed by atoms with E-state index in [0.717, 1.165) is 42.5 Å². The van der Waals surface area contributed by atoms with Crippen molar-refractivity contribution in [3.8, 4) is 0 Å². The average Bonchev–Trinajstić information content (AvgIpc) is 2.58. The third-order valence-corrected chi connectivity index (χ3v) is 5.66. The van der Waals surface area contributed by atoms with E-state index in [1.165, 1.54) is 11.8 Å². The van der Waals surface area contributed by atoms with Crippen LogP contribution in [0.5, 0.6) is 0 Å². The number of aromatic amines is 1. The van der Waals surface area contributed by atoms with Crippen LogP contribution < -0.4 is 10.9 Å². The number of aryl methyl sites for hydroxylation is 2. The van der Waals surface area contributed by atoms with E-state index in [1.54, 1.807) is 13.0 Å². The zero-order valence-electron chi connectivity index (χ0n) is 14.2. The first-order valence-corrected chi connectivity index (χ1v) is 9.55. The van der Waals surface area contributed by atoms with E-state index in [1.807, 2.05) is 19.1 Å². The van der Waals surface area contributed by atoms with Crippen LogP contribution >= 0.6 is 23.4 Å². The molecule has 0 bridgehead atoms. The van der Waals surface area contributed by atoms with Crippen LogP contribution in [0.3, 0.4) is 0 Å². The van der Waals surface area contributed by atoms with Gasteiger partial charge in [-0.1, -0.05) is 29.4 Å². The van der Waals surface area contributed by atoms with Crippen LogP contribution in [0.2, 0.25) is 5.02 Å². The highest BCUT2D eigenvalue weighted by atomic mass is 35.5. The number of fused-ring (bicyclic) bond motifs is 1. The third-order valence-electron chi connectivity index (χ3n) is 4.27. The van der Waals surface area contributed by atoms with Crippen molar-refractivity contribution in [1.82, 2.24) is 9.97 Å². The van der Waals surface area contributed by atoms with E-state index < -0.39 is 5.25 Å². The van der Waals surface area contributed by atoms with Gasteiger partial charge in [-0.15, -0.1) is 0 Å². The molecule has 7 heteroatoms. The summed E-state index contributed by atoms with van der Waals surface area (Å²) in [6, 6.07) is 5.40. The quantitative estimate of drug-likeness (QED) is 0.628. The van der Waals surface area contributed by atoms with Gasteiger partial charge < -0.3 is 10.3 Å². The Hall–Kier alpha value is -1.79. The lowest BCUT2D eigenvalue weighted by Gasteiger charge is -2.16. The number of hydrogen-bond donors (Lipinski definition) is 2. The SMILES string of the molecule is Cc1ccc(NC(=O)[C@@H](C)Sc2nc3c(c(=O)[nH]2)CCCC3)cc1Cl. The first kappa shape index (κ1) is 18.0. The summed E-state index contributed by atoms with van der Waals surface area (Å²) in [6.45, 7) is 3.69. The van der Waals surface area contributed by atoms with Gasteiger partial charge in [0.1, 0.15) is 0 Å². The monoisotopic (exact) mass is 377 g/mol. The second kappa shape index (κ2) is 7.62. The van der Waals surface area contributed by atoms with E-state index >= 15 is 0 Å². The molecule has 132 valence electrons. The van der Waals surface area contributed by atoms with Gasteiger partial charge in [-0.3, -0.25) is 9.59 Å². The molecule has 0 saturated heterocycles. The molecule has 0 unspecified atom stereocenters. The Balaban J connectivity index is 1.70. The minimum Gasteiger partial charge on any atom is -0.325 e. The third kappa shape index (κ3) is 4.25. The Kier molecular flexibility index (Phi) is 5.49. The van der Waals surface area contributed by atoms with Crippen LogP contribution in [-0.4, -0.2) is 21.1 Å². The van der Waals surface area contributed by atoms with E-state index in [-0.39, 0.29) is 11.5 Å². The highest BCUT2D eigenvalue weighted by Crippen LogP contribution is 2.24. The largest absolute Gasteiger partial charge is 0.325 e. The molecule has 0 saturated carbocycles. The van der Waals surface area contributed by atoms with Gasteiger partial charge in [0, 0.05) is 16.3 Å². The highest BCUT2D eigenvalue weighted by Gasteiger charge is 2.20.